The SMILES string of the molecule is CCOC(=O)C12CCC(C(=O)OCC)(CC1)C21c2ccccc2-c2ccccc21. The molecule has 2 aromatic carbocycles. The average Bonchev–Trinajstić information content (AvgIpc) is 3.34. The van der Waals surface area contributed by atoms with Gasteiger partial charge in [0.15, 0.2) is 0 Å². The van der Waals surface area contributed by atoms with E-state index in [9.17, 15) is 9.59 Å². The summed E-state index contributed by atoms with van der Waals surface area (Å²) < 4.78 is 11.3. The Morgan fingerprint density at radius 3 is 1.48 bits per heavy atom. The average molecular weight is 390 g/mol. The molecule has 2 bridgehead atoms. The van der Waals surface area contributed by atoms with E-state index < -0.39 is 16.2 Å². The van der Waals surface area contributed by atoms with Crippen molar-refractivity contribution in [1.29, 1.82) is 0 Å². The van der Waals surface area contributed by atoms with Crippen molar-refractivity contribution >= 4 is 11.9 Å². The Morgan fingerprint density at radius 2 is 1.10 bits per heavy atom. The van der Waals surface area contributed by atoms with Crippen LogP contribution in [0.15, 0.2) is 48.5 Å². The Morgan fingerprint density at radius 1 is 0.724 bits per heavy atom. The predicted molar refractivity (Wildman–Crippen MR) is 109 cm³/mol. The van der Waals surface area contributed by atoms with Crippen molar-refractivity contribution < 1.29 is 19.1 Å². The molecular formula is C25H26O4. The van der Waals surface area contributed by atoms with Crippen LogP contribution in [0.1, 0.15) is 50.7 Å². The third-order valence-electron chi connectivity index (χ3n) is 7.68. The van der Waals surface area contributed by atoms with Crippen LogP contribution < -0.4 is 0 Å². The maximum atomic E-state index is 13.6. The molecule has 0 aromatic heterocycles. The van der Waals surface area contributed by atoms with E-state index in [1.807, 2.05) is 38.1 Å². The van der Waals surface area contributed by atoms with E-state index in [1.165, 1.54) is 0 Å². The number of ether oxygens (including phenoxy) is 2. The van der Waals surface area contributed by atoms with Crippen molar-refractivity contribution in [2.45, 2.75) is 44.9 Å². The molecule has 0 atom stereocenters. The molecule has 3 aliphatic carbocycles. The third-order valence-corrected chi connectivity index (χ3v) is 7.68. The van der Waals surface area contributed by atoms with E-state index >= 15 is 0 Å². The zero-order valence-electron chi connectivity index (χ0n) is 17.0. The summed E-state index contributed by atoms with van der Waals surface area (Å²) in [4.78, 5) is 27.1. The number of benzene rings is 2. The van der Waals surface area contributed by atoms with Gasteiger partial charge in [-0.25, -0.2) is 0 Å². The smallest absolute Gasteiger partial charge is 0.313 e. The molecule has 150 valence electrons. The Balaban J connectivity index is 1.88. The number of fused-ring (bicyclic) bond motifs is 3. The van der Waals surface area contributed by atoms with Gasteiger partial charge < -0.3 is 9.47 Å². The maximum Gasteiger partial charge on any atom is 0.313 e. The fourth-order valence-corrected chi connectivity index (χ4v) is 6.83. The topological polar surface area (TPSA) is 52.6 Å². The normalized spacial score (nSPS) is 27.5. The second kappa shape index (κ2) is 6.19. The lowest BCUT2D eigenvalue weighted by atomic mass is 9.56. The van der Waals surface area contributed by atoms with E-state index in [0.717, 1.165) is 22.3 Å². The Labute approximate surface area is 171 Å². The van der Waals surface area contributed by atoms with Gasteiger partial charge in [-0.15, -0.1) is 0 Å². The van der Waals surface area contributed by atoms with Crippen LogP contribution in [0, 0.1) is 10.8 Å². The third kappa shape index (κ3) is 1.90. The van der Waals surface area contributed by atoms with Crippen molar-refractivity contribution in [1.82, 2.24) is 0 Å². The Kier molecular flexibility index (Phi) is 3.93. The van der Waals surface area contributed by atoms with Crippen LogP contribution in [0.3, 0.4) is 0 Å². The van der Waals surface area contributed by atoms with E-state index in [0.29, 0.717) is 38.9 Å². The van der Waals surface area contributed by atoms with Gasteiger partial charge in [0, 0.05) is 0 Å². The van der Waals surface area contributed by atoms with Gasteiger partial charge in [0.2, 0.25) is 0 Å². The highest BCUT2D eigenvalue weighted by Gasteiger charge is 2.81. The molecule has 29 heavy (non-hydrogen) atoms. The summed E-state index contributed by atoms with van der Waals surface area (Å²) in [6, 6.07) is 16.5. The monoisotopic (exact) mass is 390 g/mol. The van der Waals surface area contributed by atoms with E-state index in [-0.39, 0.29) is 11.9 Å². The van der Waals surface area contributed by atoms with Crippen molar-refractivity contribution in [3.8, 4) is 11.1 Å². The van der Waals surface area contributed by atoms with Crippen molar-refractivity contribution in [3.63, 3.8) is 0 Å². The quantitative estimate of drug-likeness (QED) is 0.714. The van der Waals surface area contributed by atoms with E-state index in [2.05, 4.69) is 24.3 Å². The van der Waals surface area contributed by atoms with Gasteiger partial charge in [-0.2, -0.15) is 0 Å². The van der Waals surface area contributed by atoms with Crippen molar-refractivity contribution in [2.24, 2.45) is 10.8 Å². The van der Waals surface area contributed by atoms with Crippen LogP contribution >= 0.6 is 0 Å². The summed E-state index contributed by atoms with van der Waals surface area (Å²) in [7, 11) is 0. The summed E-state index contributed by atoms with van der Waals surface area (Å²) in [5.74, 6) is -0.342. The first kappa shape index (κ1) is 18.4. The molecule has 3 aliphatic rings. The lowest BCUT2D eigenvalue weighted by molar-refractivity contribution is -0.160. The van der Waals surface area contributed by atoms with E-state index in [4.69, 9.17) is 9.47 Å². The Hall–Kier alpha value is -2.62. The van der Waals surface area contributed by atoms with Gasteiger partial charge in [-0.3, -0.25) is 9.59 Å². The lowest BCUT2D eigenvalue weighted by Crippen LogP contribution is -2.52. The molecule has 0 N–H and O–H groups in total. The maximum absolute atomic E-state index is 13.6. The number of carbonyl (C=O) groups is 2. The molecular weight excluding hydrogens is 364 g/mol. The number of esters is 2. The minimum absolute atomic E-state index is 0.171. The fraction of sp³-hybridized carbons (Fsp3) is 0.440. The van der Waals surface area contributed by atoms with Crippen molar-refractivity contribution in [3.05, 3.63) is 59.7 Å². The summed E-state index contributed by atoms with van der Waals surface area (Å²) in [5, 5.41) is 0. The van der Waals surface area contributed by atoms with Crippen LogP contribution in [0.4, 0.5) is 0 Å². The molecule has 0 saturated heterocycles. The first-order chi connectivity index (χ1) is 14.1. The summed E-state index contributed by atoms with van der Waals surface area (Å²) in [6.45, 7) is 4.37. The first-order valence-corrected chi connectivity index (χ1v) is 10.6. The second-order valence-electron chi connectivity index (χ2n) is 8.45. The highest BCUT2D eigenvalue weighted by atomic mass is 16.5. The predicted octanol–water partition coefficient (Wildman–Crippen LogP) is 4.64. The van der Waals surface area contributed by atoms with Gasteiger partial charge in [0.25, 0.3) is 0 Å². The molecule has 0 amide bonds. The first-order valence-electron chi connectivity index (χ1n) is 10.6. The minimum atomic E-state index is -0.738. The number of hydrogen-bond acceptors (Lipinski definition) is 4. The molecule has 0 heterocycles. The van der Waals surface area contributed by atoms with Crippen LogP contribution in [-0.2, 0) is 24.5 Å². The molecule has 1 spiro atoms. The molecule has 4 nitrogen and oxygen atoms in total. The second-order valence-corrected chi connectivity index (χ2v) is 8.45. The highest BCUT2D eigenvalue weighted by molar-refractivity contribution is 5.96. The van der Waals surface area contributed by atoms with Gasteiger partial charge in [0.05, 0.1) is 29.5 Å². The number of rotatable bonds is 4. The molecule has 0 unspecified atom stereocenters. The lowest BCUT2D eigenvalue weighted by Gasteiger charge is -2.44. The highest BCUT2D eigenvalue weighted by Crippen LogP contribution is 2.79. The van der Waals surface area contributed by atoms with Gasteiger partial charge in [-0.1, -0.05) is 48.5 Å². The molecule has 2 fully saturated rings. The summed E-state index contributed by atoms with van der Waals surface area (Å²) >= 11 is 0. The van der Waals surface area contributed by atoms with Crippen LogP contribution in [0.2, 0.25) is 0 Å². The van der Waals surface area contributed by atoms with Crippen LogP contribution in [-0.4, -0.2) is 25.2 Å². The van der Waals surface area contributed by atoms with Gasteiger partial charge in [0.1, 0.15) is 0 Å². The zero-order valence-corrected chi connectivity index (χ0v) is 17.0. The number of carbonyl (C=O) groups excluding carboxylic acids is 2. The molecule has 5 rings (SSSR count). The molecule has 0 radical (unpaired) electrons. The standard InChI is InChI=1S/C25H26O4/c1-3-28-21(26)23-13-15-24(16-14-23,22(27)29-4-2)25(23)19-11-7-5-9-17(19)18-10-6-8-12-20(18)25/h5-12H,3-4,13-16H2,1-2H3. The van der Waals surface area contributed by atoms with E-state index in [1.54, 1.807) is 0 Å². The molecule has 2 aromatic rings. The van der Waals surface area contributed by atoms with Gasteiger partial charge >= 0.3 is 11.9 Å². The van der Waals surface area contributed by atoms with Gasteiger partial charge in [-0.05, 0) is 61.8 Å². The molecule has 2 saturated carbocycles. The zero-order chi connectivity index (χ0) is 20.3. The Bertz CT molecular complexity index is 916. The summed E-state index contributed by atoms with van der Waals surface area (Å²) in [6.07, 6.45) is 2.58. The largest absolute Gasteiger partial charge is 0.466 e. The molecule has 4 heteroatoms. The summed E-state index contributed by atoms with van der Waals surface area (Å²) in [5.41, 5.74) is 2.20. The van der Waals surface area contributed by atoms with Crippen molar-refractivity contribution in [2.75, 3.05) is 13.2 Å². The van der Waals surface area contributed by atoms with Crippen LogP contribution in [0.25, 0.3) is 11.1 Å². The minimum Gasteiger partial charge on any atom is -0.466 e. The number of hydrogen-bond donors (Lipinski definition) is 0. The van der Waals surface area contributed by atoms with Crippen LogP contribution in [0.5, 0.6) is 0 Å². The molecule has 0 aliphatic heterocycles. The fourth-order valence-electron chi connectivity index (χ4n) is 6.83.